The van der Waals surface area contributed by atoms with Gasteiger partial charge in [-0.1, -0.05) is 11.6 Å². The van der Waals surface area contributed by atoms with Gasteiger partial charge in [-0.05, 0) is 33.1 Å². The highest BCUT2D eigenvalue weighted by molar-refractivity contribution is 6.33. The molecule has 1 saturated heterocycles. The Balaban J connectivity index is 1.70. The van der Waals surface area contributed by atoms with Gasteiger partial charge in [-0.15, -0.1) is 0 Å². The topological polar surface area (TPSA) is 60.2 Å². The molecule has 0 aliphatic carbocycles. The van der Waals surface area contributed by atoms with Crippen molar-refractivity contribution in [1.82, 2.24) is 19.4 Å². The van der Waals surface area contributed by atoms with Crippen LogP contribution in [0.15, 0.2) is 12.5 Å². The number of ether oxygens (including phenoxy) is 1. The number of halogens is 2. The van der Waals surface area contributed by atoms with Crippen LogP contribution in [0.1, 0.15) is 27.2 Å². The highest BCUT2D eigenvalue weighted by Gasteiger charge is 2.30. The normalized spacial score (nSPS) is 18.4. The van der Waals surface area contributed by atoms with Crippen molar-refractivity contribution in [2.75, 3.05) is 13.1 Å². The van der Waals surface area contributed by atoms with Crippen LogP contribution < -0.4 is 0 Å². The standard InChI is InChI=1S/C16H20ClFN4O2/c1-16(2,3)24-15(23)21-5-4-10(6-21)7-22-8-11(18)12-13(17)19-9-20-14(12)22/h8-10H,4-7H2,1-3H3. The number of hydrogen-bond donors (Lipinski definition) is 0. The molecule has 8 heteroatoms. The maximum Gasteiger partial charge on any atom is 0.410 e. The van der Waals surface area contributed by atoms with Gasteiger partial charge in [0, 0.05) is 25.8 Å². The van der Waals surface area contributed by atoms with Crippen LogP contribution >= 0.6 is 11.6 Å². The molecule has 24 heavy (non-hydrogen) atoms. The fourth-order valence-electron chi connectivity index (χ4n) is 2.93. The zero-order valence-electron chi connectivity index (χ0n) is 13.9. The molecule has 6 nitrogen and oxygen atoms in total. The number of nitrogens with zero attached hydrogens (tertiary/aromatic N) is 4. The summed E-state index contributed by atoms with van der Waals surface area (Å²) >= 11 is 5.94. The van der Waals surface area contributed by atoms with Crippen LogP contribution in [0.4, 0.5) is 9.18 Å². The molecule has 1 aliphatic heterocycles. The first kappa shape index (κ1) is 17.0. The van der Waals surface area contributed by atoms with Crippen molar-refractivity contribution in [1.29, 1.82) is 0 Å². The van der Waals surface area contributed by atoms with Crippen molar-refractivity contribution >= 4 is 28.7 Å². The number of rotatable bonds is 2. The Morgan fingerprint density at radius 2 is 2.21 bits per heavy atom. The lowest BCUT2D eigenvalue weighted by Gasteiger charge is -2.24. The molecule has 1 amide bonds. The number of likely N-dealkylation sites (tertiary alicyclic amines) is 1. The Morgan fingerprint density at radius 1 is 1.46 bits per heavy atom. The highest BCUT2D eigenvalue weighted by Crippen LogP contribution is 2.27. The van der Waals surface area contributed by atoms with Crippen LogP contribution in [-0.2, 0) is 11.3 Å². The summed E-state index contributed by atoms with van der Waals surface area (Å²) in [6.07, 6.45) is 3.24. The molecule has 0 spiro atoms. The Morgan fingerprint density at radius 3 is 2.92 bits per heavy atom. The lowest BCUT2D eigenvalue weighted by Crippen LogP contribution is -2.35. The lowest BCUT2D eigenvalue weighted by molar-refractivity contribution is 0.0287. The molecule has 3 heterocycles. The second kappa shape index (κ2) is 6.20. The molecule has 0 aromatic carbocycles. The number of carbonyl (C=O) groups is 1. The Kier molecular flexibility index (Phi) is 4.38. The van der Waals surface area contributed by atoms with Gasteiger partial charge in [-0.25, -0.2) is 19.2 Å². The van der Waals surface area contributed by atoms with Gasteiger partial charge in [0.15, 0.2) is 5.82 Å². The Hall–Kier alpha value is -1.89. The molecule has 1 fully saturated rings. The second-order valence-electron chi connectivity index (χ2n) is 7.07. The average Bonchev–Trinajstić information content (AvgIpc) is 3.04. The summed E-state index contributed by atoms with van der Waals surface area (Å²) in [5.41, 5.74) is -0.0361. The largest absolute Gasteiger partial charge is 0.444 e. The fraction of sp³-hybridized carbons (Fsp3) is 0.562. The molecule has 1 atom stereocenters. The summed E-state index contributed by atoms with van der Waals surface area (Å²) < 4.78 is 21.2. The average molecular weight is 355 g/mol. The molecule has 0 bridgehead atoms. The zero-order chi connectivity index (χ0) is 17.5. The SMILES string of the molecule is CC(C)(C)OC(=O)N1CCC(Cn2cc(F)c3c(Cl)ncnc32)C1. The monoisotopic (exact) mass is 354 g/mol. The molecule has 130 valence electrons. The van der Waals surface area contributed by atoms with E-state index >= 15 is 0 Å². The van der Waals surface area contributed by atoms with Crippen LogP contribution in [0, 0.1) is 11.7 Å². The van der Waals surface area contributed by atoms with E-state index in [0.29, 0.717) is 25.3 Å². The van der Waals surface area contributed by atoms with Crippen molar-refractivity contribution in [3.8, 4) is 0 Å². The van der Waals surface area contributed by atoms with Crippen LogP contribution in [0.3, 0.4) is 0 Å². The quantitative estimate of drug-likeness (QED) is 0.775. The van der Waals surface area contributed by atoms with E-state index < -0.39 is 11.4 Å². The Bertz CT molecular complexity index is 771. The van der Waals surface area contributed by atoms with Crippen LogP contribution in [0.2, 0.25) is 5.15 Å². The van der Waals surface area contributed by atoms with Gasteiger partial charge in [-0.2, -0.15) is 0 Å². The van der Waals surface area contributed by atoms with Gasteiger partial charge in [0.2, 0.25) is 0 Å². The van der Waals surface area contributed by atoms with Gasteiger partial charge >= 0.3 is 6.09 Å². The van der Waals surface area contributed by atoms with Crippen molar-refractivity contribution in [2.24, 2.45) is 5.92 Å². The summed E-state index contributed by atoms with van der Waals surface area (Å²) in [5, 5.41) is 0.346. The third-order valence-corrected chi connectivity index (χ3v) is 4.24. The van der Waals surface area contributed by atoms with Gasteiger partial charge in [-0.3, -0.25) is 0 Å². The first-order chi connectivity index (χ1) is 11.2. The molecule has 1 unspecified atom stereocenters. The van der Waals surface area contributed by atoms with Gasteiger partial charge < -0.3 is 14.2 Å². The smallest absolute Gasteiger partial charge is 0.410 e. The molecule has 0 N–H and O–H groups in total. The molecule has 2 aromatic heterocycles. The first-order valence-corrected chi connectivity index (χ1v) is 8.25. The highest BCUT2D eigenvalue weighted by atomic mass is 35.5. The number of carbonyl (C=O) groups excluding carboxylic acids is 1. The minimum absolute atomic E-state index is 0.109. The summed E-state index contributed by atoms with van der Waals surface area (Å²) in [5.74, 6) is -0.223. The number of amides is 1. The summed E-state index contributed by atoms with van der Waals surface area (Å²) in [6.45, 7) is 7.31. The first-order valence-electron chi connectivity index (χ1n) is 7.87. The van der Waals surface area contributed by atoms with Crippen LogP contribution in [0.25, 0.3) is 11.0 Å². The predicted molar refractivity (Wildman–Crippen MR) is 88.4 cm³/mol. The maximum absolute atomic E-state index is 14.1. The summed E-state index contributed by atoms with van der Waals surface area (Å²) in [6, 6.07) is 0. The Labute approximate surface area is 144 Å². The van der Waals surface area contributed by atoms with Crippen LogP contribution in [0.5, 0.6) is 0 Å². The number of fused-ring (bicyclic) bond motifs is 1. The molecular weight excluding hydrogens is 335 g/mol. The predicted octanol–water partition coefficient (Wildman–Crippen LogP) is 3.48. The van der Waals surface area contributed by atoms with E-state index in [1.165, 1.54) is 12.5 Å². The molecule has 0 radical (unpaired) electrons. The number of hydrogen-bond acceptors (Lipinski definition) is 4. The van der Waals surface area contributed by atoms with Gasteiger partial charge in [0.05, 0.1) is 5.39 Å². The van der Waals surface area contributed by atoms with Crippen molar-refractivity contribution in [3.63, 3.8) is 0 Å². The fourth-order valence-corrected chi connectivity index (χ4v) is 3.15. The third kappa shape index (κ3) is 3.45. The minimum atomic E-state index is -0.511. The zero-order valence-corrected chi connectivity index (χ0v) is 14.7. The summed E-state index contributed by atoms with van der Waals surface area (Å²) in [7, 11) is 0. The van der Waals surface area contributed by atoms with Gasteiger partial charge in [0.1, 0.15) is 22.7 Å². The summed E-state index contributed by atoms with van der Waals surface area (Å²) in [4.78, 5) is 21.8. The van der Waals surface area contributed by atoms with E-state index in [0.717, 1.165) is 6.42 Å². The van der Waals surface area contributed by atoms with E-state index in [4.69, 9.17) is 16.3 Å². The number of aromatic nitrogens is 3. The van der Waals surface area contributed by atoms with E-state index in [1.807, 2.05) is 20.8 Å². The van der Waals surface area contributed by atoms with Crippen molar-refractivity contribution < 1.29 is 13.9 Å². The molecule has 0 saturated carbocycles. The van der Waals surface area contributed by atoms with E-state index in [1.54, 1.807) is 9.47 Å². The lowest BCUT2D eigenvalue weighted by atomic mass is 10.1. The van der Waals surface area contributed by atoms with Gasteiger partial charge in [0.25, 0.3) is 0 Å². The minimum Gasteiger partial charge on any atom is -0.444 e. The molecular formula is C16H20ClFN4O2. The third-order valence-electron chi connectivity index (χ3n) is 3.95. The van der Waals surface area contributed by atoms with Crippen molar-refractivity contribution in [2.45, 2.75) is 39.3 Å². The van der Waals surface area contributed by atoms with E-state index in [-0.39, 0.29) is 22.6 Å². The maximum atomic E-state index is 14.1. The molecule has 2 aromatic rings. The molecule has 3 rings (SSSR count). The molecule has 1 aliphatic rings. The van der Waals surface area contributed by atoms with Crippen molar-refractivity contribution in [3.05, 3.63) is 23.5 Å². The van der Waals surface area contributed by atoms with Crippen LogP contribution in [-0.4, -0.2) is 44.2 Å². The van der Waals surface area contributed by atoms with E-state index in [9.17, 15) is 9.18 Å². The van der Waals surface area contributed by atoms with E-state index in [2.05, 4.69) is 9.97 Å². The second-order valence-corrected chi connectivity index (χ2v) is 7.43.